The first kappa shape index (κ1) is 12.0. The van der Waals surface area contributed by atoms with E-state index in [1.54, 1.807) is 30.3 Å². The van der Waals surface area contributed by atoms with Gasteiger partial charge in [-0.2, -0.15) is 12.7 Å². The minimum atomic E-state index is -3.68. The molecule has 1 fully saturated rings. The summed E-state index contributed by atoms with van der Waals surface area (Å²) in [5.41, 5.74) is 0.451. The Balaban J connectivity index is 2.41. The van der Waals surface area contributed by atoms with Crippen molar-refractivity contribution in [3.05, 3.63) is 35.9 Å². The van der Waals surface area contributed by atoms with E-state index in [9.17, 15) is 18.3 Å². The molecule has 1 heterocycles. The molecule has 1 atom stereocenters. The molecule has 1 aliphatic heterocycles. The van der Waals surface area contributed by atoms with Crippen LogP contribution < -0.4 is 4.72 Å². The average molecular weight is 256 g/mol. The molecule has 6 nitrogen and oxygen atoms in total. The molecule has 0 amide bonds. The van der Waals surface area contributed by atoms with Gasteiger partial charge in [-0.25, -0.2) is 4.72 Å². The number of hydrogen-bond acceptors (Lipinski definition) is 3. The lowest BCUT2D eigenvalue weighted by atomic mass is 10.1. The highest BCUT2D eigenvalue weighted by molar-refractivity contribution is 7.87. The van der Waals surface area contributed by atoms with Gasteiger partial charge in [-0.3, -0.25) is 4.79 Å². The summed E-state index contributed by atoms with van der Waals surface area (Å²) in [6, 6.07) is 7.15. The smallest absolute Gasteiger partial charge is 0.326 e. The van der Waals surface area contributed by atoms with Crippen molar-refractivity contribution in [1.82, 2.24) is 9.03 Å². The van der Waals surface area contributed by atoms with Crippen molar-refractivity contribution in [3.63, 3.8) is 0 Å². The summed E-state index contributed by atoms with van der Waals surface area (Å²) in [7, 11) is -3.68. The summed E-state index contributed by atoms with van der Waals surface area (Å²) in [4.78, 5) is 11.2. The lowest BCUT2D eigenvalue weighted by molar-refractivity contribution is -0.141. The predicted molar refractivity (Wildman–Crippen MR) is 60.4 cm³/mol. The quantitative estimate of drug-likeness (QED) is 0.794. The second kappa shape index (κ2) is 4.44. The van der Waals surface area contributed by atoms with Crippen molar-refractivity contribution >= 4 is 16.2 Å². The van der Waals surface area contributed by atoms with E-state index in [4.69, 9.17) is 0 Å². The molecule has 0 bridgehead atoms. The lowest BCUT2D eigenvalue weighted by Crippen LogP contribution is -2.37. The van der Waals surface area contributed by atoms with Crippen LogP contribution >= 0.6 is 0 Å². The van der Waals surface area contributed by atoms with Crippen LogP contribution in [0.25, 0.3) is 0 Å². The number of hydrogen-bond donors (Lipinski definition) is 2. The van der Waals surface area contributed by atoms with Crippen molar-refractivity contribution in [1.29, 1.82) is 0 Å². The third-order valence-corrected chi connectivity index (χ3v) is 4.14. The Morgan fingerprint density at radius 1 is 1.35 bits per heavy atom. The zero-order valence-electron chi connectivity index (χ0n) is 8.91. The van der Waals surface area contributed by atoms with Crippen LogP contribution in [0.15, 0.2) is 30.3 Å². The molecule has 0 saturated carbocycles. The second-order valence-corrected chi connectivity index (χ2v) is 5.37. The Morgan fingerprint density at radius 3 is 2.47 bits per heavy atom. The van der Waals surface area contributed by atoms with E-state index >= 15 is 0 Å². The SMILES string of the molecule is O=C(O)[C@H](c1ccccc1)N1CCNS1(=O)=O. The van der Waals surface area contributed by atoms with Crippen molar-refractivity contribution in [2.24, 2.45) is 0 Å². The van der Waals surface area contributed by atoms with Gasteiger partial charge in [-0.15, -0.1) is 0 Å². The van der Waals surface area contributed by atoms with E-state index in [2.05, 4.69) is 4.72 Å². The van der Waals surface area contributed by atoms with Crippen LogP contribution in [0.5, 0.6) is 0 Å². The molecular formula is C10H12N2O4S. The minimum Gasteiger partial charge on any atom is -0.480 e. The summed E-state index contributed by atoms with van der Waals surface area (Å²) < 4.78 is 26.5. The molecule has 2 N–H and O–H groups in total. The maximum atomic E-state index is 11.6. The van der Waals surface area contributed by atoms with Crippen LogP contribution in [0.4, 0.5) is 0 Å². The summed E-state index contributed by atoms with van der Waals surface area (Å²) in [5.74, 6) is -1.18. The maximum Gasteiger partial charge on any atom is 0.326 e. The fourth-order valence-electron chi connectivity index (χ4n) is 1.82. The van der Waals surface area contributed by atoms with Gasteiger partial charge < -0.3 is 5.11 Å². The molecule has 0 radical (unpaired) electrons. The maximum absolute atomic E-state index is 11.6. The zero-order valence-corrected chi connectivity index (χ0v) is 9.72. The average Bonchev–Trinajstić information content (AvgIpc) is 2.60. The first-order chi connectivity index (χ1) is 8.02. The van der Waals surface area contributed by atoms with E-state index in [1.165, 1.54) is 0 Å². The number of benzene rings is 1. The summed E-state index contributed by atoms with van der Waals surface area (Å²) in [6.45, 7) is 0.396. The van der Waals surface area contributed by atoms with Crippen molar-refractivity contribution < 1.29 is 18.3 Å². The Labute approximate surface area is 99.0 Å². The van der Waals surface area contributed by atoms with Crippen LogP contribution in [0.2, 0.25) is 0 Å². The molecule has 1 aliphatic rings. The number of nitrogens with zero attached hydrogens (tertiary/aromatic N) is 1. The summed E-state index contributed by atoms with van der Waals surface area (Å²) in [5, 5.41) is 9.19. The van der Waals surface area contributed by atoms with E-state index in [1.807, 2.05) is 0 Å². The molecule has 0 unspecified atom stereocenters. The van der Waals surface area contributed by atoms with Gasteiger partial charge in [0.15, 0.2) is 0 Å². The highest BCUT2D eigenvalue weighted by Gasteiger charge is 2.39. The number of carbonyl (C=O) groups is 1. The van der Waals surface area contributed by atoms with Crippen molar-refractivity contribution in [2.75, 3.05) is 13.1 Å². The molecule has 0 spiro atoms. The van der Waals surface area contributed by atoms with E-state index in [0.717, 1.165) is 4.31 Å². The summed E-state index contributed by atoms with van der Waals surface area (Å²) in [6.07, 6.45) is 0. The molecule has 92 valence electrons. The molecular weight excluding hydrogens is 244 g/mol. The normalized spacial score (nSPS) is 21.2. The highest BCUT2D eigenvalue weighted by Crippen LogP contribution is 2.25. The van der Waals surface area contributed by atoms with Crippen LogP contribution in [0.1, 0.15) is 11.6 Å². The number of rotatable bonds is 3. The van der Waals surface area contributed by atoms with Gasteiger partial charge in [0.05, 0.1) is 0 Å². The number of carboxylic acids is 1. The van der Waals surface area contributed by atoms with Gasteiger partial charge in [0.1, 0.15) is 6.04 Å². The van der Waals surface area contributed by atoms with E-state index in [-0.39, 0.29) is 13.1 Å². The van der Waals surface area contributed by atoms with Crippen LogP contribution in [0.3, 0.4) is 0 Å². The molecule has 0 aliphatic carbocycles. The molecule has 2 rings (SSSR count). The highest BCUT2D eigenvalue weighted by atomic mass is 32.2. The standard InChI is InChI=1S/C10H12N2O4S/c13-10(14)9(8-4-2-1-3-5-8)12-7-6-11-17(12,15)16/h1-5,9,11H,6-7H2,(H,13,14)/t9-/m0/s1. The number of carboxylic acid groups (broad SMARTS) is 1. The van der Waals surface area contributed by atoms with Crippen molar-refractivity contribution in [2.45, 2.75) is 6.04 Å². The van der Waals surface area contributed by atoms with E-state index in [0.29, 0.717) is 5.56 Å². The van der Waals surface area contributed by atoms with Crippen LogP contribution in [-0.4, -0.2) is 36.9 Å². The first-order valence-corrected chi connectivity index (χ1v) is 6.50. The van der Waals surface area contributed by atoms with Crippen LogP contribution in [-0.2, 0) is 15.0 Å². The zero-order chi connectivity index (χ0) is 12.5. The lowest BCUT2D eigenvalue weighted by Gasteiger charge is -2.22. The molecule has 1 aromatic carbocycles. The fourth-order valence-corrected chi connectivity index (χ4v) is 3.16. The minimum absolute atomic E-state index is 0.161. The Kier molecular flexibility index (Phi) is 3.14. The Hall–Kier alpha value is -1.44. The predicted octanol–water partition coefficient (Wildman–Crippen LogP) is -0.0377. The largest absolute Gasteiger partial charge is 0.480 e. The molecule has 1 saturated heterocycles. The van der Waals surface area contributed by atoms with Gasteiger partial charge in [0, 0.05) is 13.1 Å². The monoisotopic (exact) mass is 256 g/mol. The second-order valence-electron chi connectivity index (χ2n) is 3.66. The van der Waals surface area contributed by atoms with Gasteiger partial charge in [-0.1, -0.05) is 30.3 Å². The molecule has 0 aromatic heterocycles. The van der Waals surface area contributed by atoms with Gasteiger partial charge in [-0.05, 0) is 5.56 Å². The summed E-state index contributed by atoms with van der Waals surface area (Å²) >= 11 is 0. The topological polar surface area (TPSA) is 86.7 Å². The molecule has 1 aromatic rings. The molecule has 17 heavy (non-hydrogen) atoms. The Bertz CT molecular complexity index is 514. The van der Waals surface area contributed by atoms with Gasteiger partial charge in [0.25, 0.3) is 10.2 Å². The molecule has 7 heteroatoms. The van der Waals surface area contributed by atoms with Gasteiger partial charge >= 0.3 is 5.97 Å². The fraction of sp³-hybridized carbons (Fsp3) is 0.300. The third kappa shape index (κ3) is 2.31. The van der Waals surface area contributed by atoms with E-state index < -0.39 is 22.2 Å². The first-order valence-electron chi connectivity index (χ1n) is 5.06. The Morgan fingerprint density at radius 2 is 2.00 bits per heavy atom. The number of aliphatic carboxylic acids is 1. The van der Waals surface area contributed by atoms with Crippen molar-refractivity contribution in [3.8, 4) is 0 Å². The van der Waals surface area contributed by atoms with Gasteiger partial charge in [0.2, 0.25) is 0 Å². The number of nitrogens with one attached hydrogen (secondary N) is 1. The third-order valence-electron chi connectivity index (χ3n) is 2.56. The van der Waals surface area contributed by atoms with Crippen LogP contribution in [0, 0.1) is 0 Å².